The van der Waals surface area contributed by atoms with Gasteiger partial charge >= 0.3 is 0 Å². The first kappa shape index (κ1) is 13.0. The highest BCUT2D eigenvalue weighted by molar-refractivity contribution is 5.80. The van der Waals surface area contributed by atoms with Crippen molar-refractivity contribution in [3.63, 3.8) is 0 Å². The zero-order chi connectivity index (χ0) is 13.9. The van der Waals surface area contributed by atoms with Crippen molar-refractivity contribution >= 4 is 11.0 Å². The van der Waals surface area contributed by atoms with Crippen molar-refractivity contribution in [2.45, 2.75) is 25.8 Å². The number of benzene rings is 1. The van der Waals surface area contributed by atoms with Crippen LogP contribution in [0.25, 0.3) is 11.0 Å². The second-order valence-corrected chi connectivity index (χ2v) is 5.10. The topological polar surface area (TPSA) is 38.3 Å². The molecule has 0 radical (unpaired) electrons. The van der Waals surface area contributed by atoms with Gasteiger partial charge in [0.1, 0.15) is 17.1 Å². The maximum absolute atomic E-state index is 6.03. The van der Waals surface area contributed by atoms with Crippen molar-refractivity contribution in [1.82, 2.24) is 5.32 Å². The molecule has 0 bridgehead atoms. The van der Waals surface area contributed by atoms with E-state index in [1.165, 1.54) is 10.9 Å². The molecule has 0 aliphatic carbocycles. The summed E-state index contributed by atoms with van der Waals surface area (Å²) in [6.07, 6.45) is 3.56. The quantitative estimate of drug-likeness (QED) is 0.753. The Labute approximate surface area is 118 Å². The van der Waals surface area contributed by atoms with Crippen LogP contribution in [0.15, 0.2) is 51.5 Å². The van der Waals surface area contributed by atoms with Gasteiger partial charge in [-0.2, -0.15) is 0 Å². The Hall–Kier alpha value is -2.00. The number of nitrogens with one attached hydrogen (secondary N) is 1. The average molecular weight is 269 g/mol. The summed E-state index contributed by atoms with van der Waals surface area (Å²) in [4.78, 5) is 0. The molecule has 104 valence electrons. The molecule has 1 atom stereocenters. The lowest BCUT2D eigenvalue weighted by Gasteiger charge is -2.12. The summed E-state index contributed by atoms with van der Waals surface area (Å²) >= 11 is 0. The Morgan fingerprint density at radius 3 is 2.80 bits per heavy atom. The van der Waals surface area contributed by atoms with Gasteiger partial charge in [-0.1, -0.05) is 18.2 Å². The van der Waals surface area contributed by atoms with Gasteiger partial charge in [0.15, 0.2) is 0 Å². The van der Waals surface area contributed by atoms with E-state index in [0.717, 1.165) is 29.9 Å². The Balaban J connectivity index is 1.81. The number of hydrogen-bond donors (Lipinski definition) is 1. The van der Waals surface area contributed by atoms with E-state index >= 15 is 0 Å². The van der Waals surface area contributed by atoms with Crippen molar-refractivity contribution in [2.75, 3.05) is 7.05 Å². The third-order valence-electron chi connectivity index (χ3n) is 3.71. The number of rotatable bonds is 5. The maximum atomic E-state index is 6.03. The predicted molar refractivity (Wildman–Crippen MR) is 79.8 cm³/mol. The monoisotopic (exact) mass is 269 g/mol. The average Bonchev–Trinajstić information content (AvgIpc) is 3.09. The SMILES string of the molecule is CNC(CCc1ccco1)c1cc2cccc(C)c2o1. The lowest BCUT2D eigenvalue weighted by atomic mass is 10.1. The fourth-order valence-corrected chi connectivity index (χ4v) is 2.57. The first-order valence-electron chi connectivity index (χ1n) is 6.96. The van der Waals surface area contributed by atoms with E-state index in [1.54, 1.807) is 6.26 Å². The van der Waals surface area contributed by atoms with Crippen molar-refractivity contribution in [3.8, 4) is 0 Å². The molecule has 1 unspecified atom stereocenters. The first-order valence-corrected chi connectivity index (χ1v) is 6.96. The van der Waals surface area contributed by atoms with Gasteiger partial charge in [-0.05, 0) is 44.2 Å². The van der Waals surface area contributed by atoms with Crippen molar-refractivity contribution < 1.29 is 8.83 Å². The van der Waals surface area contributed by atoms with Gasteiger partial charge in [0.2, 0.25) is 0 Å². The molecule has 0 spiro atoms. The summed E-state index contributed by atoms with van der Waals surface area (Å²) in [6.45, 7) is 2.08. The Morgan fingerprint density at radius 1 is 1.20 bits per heavy atom. The van der Waals surface area contributed by atoms with Crippen LogP contribution < -0.4 is 5.32 Å². The lowest BCUT2D eigenvalue weighted by molar-refractivity contribution is 0.414. The molecule has 2 heterocycles. The number of furan rings is 2. The third kappa shape index (κ3) is 2.49. The standard InChI is InChI=1S/C17H19NO2/c1-12-5-3-6-13-11-16(20-17(12)13)15(18-2)9-8-14-7-4-10-19-14/h3-7,10-11,15,18H,8-9H2,1-2H3. The van der Waals surface area contributed by atoms with Crippen LogP contribution in [0, 0.1) is 6.92 Å². The molecule has 3 heteroatoms. The summed E-state index contributed by atoms with van der Waals surface area (Å²) in [5, 5.41) is 4.49. The van der Waals surface area contributed by atoms with Gasteiger partial charge in [0.25, 0.3) is 0 Å². The molecular formula is C17H19NO2. The molecule has 1 N–H and O–H groups in total. The zero-order valence-electron chi connectivity index (χ0n) is 11.8. The number of hydrogen-bond acceptors (Lipinski definition) is 3. The van der Waals surface area contributed by atoms with Gasteiger partial charge in [0.05, 0.1) is 12.3 Å². The summed E-state index contributed by atoms with van der Waals surface area (Å²) in [5.41, 5.74) is 2.16. The minimum absolute atomic E-state index is 0.201. The Kier molecular flexibility index (Phi) is 3.61. The van der Waals surface area contributed by atoms with E-state index in [9.17, 15) is 0 Å². The van der Waals surface area contributed by atoms with E-state index < -0.39 is 0 Å². The van der Waals surface area contributed by atoms with E-state index in [1.807, 2.05) is 19.2 Å². The summed E-state index contributed by atoms with van der Waals surface area (Å²) < 4.78 is 11.4. The van der Waals surface area contributed by atoms with Crippen molar-refractivity contribution in [1.29, 1.82) is 0 Å². The molecule has 0 saturated carbocycles. The number of para-hydroxylation sites is 1. The normalized spacial score (nSPS) is 12.9. The van der Waals surface area contributed by atoms with Crippen molar-refractivity contribution in [2.24, 2.45) is 0 Å². The molecule has 3 nitrogen and oxygen atoms in total. The number of aryl methyl sites for hydroxylation is 2. The molecular weight excluding hydrogens is 250 g/mol. The summed E-state index contributed by atoms with van der Waals surface area (Å²) in [5.74, 6) is 2.00. The van der Waals surface area contributed by atoms with Crippen LogP contribution >= 0.6 is 0 Å². The van der Waals surface area contributed by atoms with Crippen LogP contribution in [0.1, 0.15) is 29.5 Å². The highest BCUT2D eigenvalue weighted by atomic mass is 16.3. The molecule has 3 rings (SSSR count). The fourth-order valence-electron chi connectivity index (χ4n) is 2.57. The molecule has 2 aromatic heterocycles. The zero-order valence-corrected chi connectivity index (χ0v) is 11.8. The predicted octanol–water partition coefficient (Wildman–Crippen LogP) is 4.23. The Morgan fingerprint density at radius 2 is 2.10 bits per heavy atom. The fraction of sp³-hybridized carbons (Fsp3) is 0.294. The second kappa shape index (κ2) is 5.55. The molecule has 0 aliphatic rings. The van der Waals surface area contributed by atoms with Gasteiger partial charge in [-0.25, -0.2) is 0 Å². The molecule has 1 aromatic carbocycles. The minimum Gasteiger partial charge on any atom is -0.469 e. The van der Waals surface area contributed by atoms with Crippen LogP contribution in [0.4, 0.5) is 0 Å². The van der Waals surface area contributed by atoms with Crippen molar-refractivity contribution in [3.05, 3.63) is 59.7 Å². The van der Waals surface area contributed by atoms with E-state index in [2.05, 4.69) is 36.5 Å². The second-order valence-electron chi connectivity index (χ2n) is 5.10. The van der Waals surface area contributed by atoms with Crippen LogP contribution in [0.3, 0.4) is 0 Å². The van der Waals surface area contributed by atoms with Gasteiger partial charge < -0.3 is 14.2 Å². The van der Waals surface area contributed by atoms with Crippen LogP contribution in [-0.4, -0.2) is 7.05 Å². The van der Waals surface area contributed by atoms with Crippen LogP contribution in [0.2, 0.25) is 0 Å². The highest BCUT2D eigenvalue weighted by Crippen LogP contribution is 2.28. The van der Waals surface area contributed by atoms with Gasteiger partial charge in [-0.15, -0.1) is 0 Å². The molecule has 20 heavy (non-hydrogen) atoms. The van der Waals surface area contributed by atoms with Gasteiger partial charge in [0, 0.05) is 11.8 Å². The van der Waals surface area contributed by atoms with E-state index in [4.69, 9.17) is 8.83 Å². The number of fused-ring (bicyclic) bond motifs is 1. The smallest absolute Gasteiger partial charge is 0.137 e. The van der Waals surface area contributed by atoms with E-state index in [-0.39, 0.29) is 6.04 Å². The molecule has 3 aromatic rings. The van der Waals surface area contributed by atoms with Crippen LogP contribution in [0.5, 0.6) is 0 Å². The summed E-state index contributed by atoms with van der Waals surface area (Å²) in [7, 11) is 1.97. The summed E-state index contributed by atoms with van der Waals surface area (Å²) in [6, 6.07) is 12.5. The Bertz CT molecular complexity index is 682. The molecule has 0 fully saturated rings. The third-order valence-corrected chi connectivity index (χ3v) is 3.71. The highest BCUT2D eigenvalue weighted by Gasteiger charge is 2.15. The molecule has 0 aliphatic heterocycles. The molecule has 0 saturated heterocycles. The van der Waals surface area contributed by atoms with Crippen LogP contribution in [-0.2, 0) is 6.42 Å². The first-order chi connectivity index (χ1) is 9.78. The molecule has 0 amide bonds. The largest absolute Gasteiger partial charge is 0.469 e. The van der Waals surface area contributed by atoms with E-state index in [0.29, 0.717) is 0 Å². The van der Waals surface area contributed by atoms with Gasteiger partial charge in [-0.3, -0.25) is 0 Å². The maximum Gasteiger partial charge on any atom is 0.137 e. The lowest BCUT2D eigenvalue weighted by Crippen LogP contribution is -2.16. The minimum atomic E-state index is 0.201.